The van der Waals surface area contributed by atoms with Gasteiger partial charge in [0.25, 0.3) is 5.69 Å². The summed E-state index contributed by atoms with van der Waals surface area (Å²) in [6.07, 6.45) is 1.07. The third-order valence-corrected chi connectivity index (χ3v) is 5.25. The normalized spacial score (nSPS) is 17.7. The molecule has 2 atom stereocenters. The molecule has 148 valence electrons. The van der Waals surface area contributed by atoms with Gasteiger partial charge in [0.05, 0.1) is 25.2 Å². The van der Waals surface area contributed by atoms with Gasteiger partial charge in [0, 0.05) is 23.0 Å². The summed E-state index contributed by atoms with van der Waals surface area (Å²) in [5, 5.41) is 14.9. The zero-order valence-electron chi connectivity index (χ0n) is 15.6. The highest BCUT2D eigenvalue weighted by atomic mass is 35.5. The summed E-state index contributed by atoms with van der Waals surface area (Å²) in [5.41, 5.74) is 1.40. The number of methoxy groups -OCH3 is 2. The number of benzene rings is 2. The predicted molar refractivity (Wildman–Crippen MR) is 105 cm³/mol. The standard InChI is InChI=1S/C20H21ClN2O5/c1-27-18-9-12(17(23(25)26)11-19(18)28-2)7-8-22-20(24)15-10-14(15)13-5-3-4-6-16(13)21/h3-6,9,11,14-15H,7-8,10H2,1-2H3,(H,22,24). The van der Waals surface area contributed by atoms with Crippen LogP contribution in [0.1, 0.15) is 23.5 Å². The van der Waals surface area contributed by atoms with Crippen LogP contribution in [-0.2, 0) is 11.2 Å². The van der Waals surface area contributed by atoms with E-state index in [1.54, 1.807) is 6.07 Å². The molecule has 0 spiro atoms. The molecular weight excluding hydrogens is 384 g/mol. The minimum absolute atomic E-state index is 0.0620. The van der Waals surface area contributed by atoms with Gasteiger partial charge in [0.1, 0.15) is 0 Å². The Labute approximate surface area is 167 Å². The first-order valence-electron chi connectivity index (χ1n) is 8.87. The Balaban J connectivity index is 1.61. The predicted octanol–water partition coefficient (Wildman–Crippen LogP) is 3.73. The number of nitro benzene ring substituents is 1. The van der Waals surface area contributed by atoms with Crippen molar-refractivity contribution in [2.45, 2.75) is 18.8 Å². The molecule has 28 heavy (non-hydrogen) atoms. The molecule has 0 radical (unpaired) electrons. The van der Waals surface area contributed by atoms with E-state index in [1.165, 1.54) is 20.3 Å². The largest absolute Gasteiger partial charge is 0.493 e. The Morgan fingerprint density at radius 3 is 2.57 bits per heavy atom. The molecule has 1 fully saturated rings. The van der Waals surface area contributed by atoms with Crippen molar-refractivity contribution in [2.75, 3.05) is 20.8 Å². The molecule has 7 nitrogen and oxygen atoms in total. The number of nitro groups is 1. The van der Waals surface area contributed by atoms with E-state index in [0.717, 1.165) is 12.0 Å². The van der Waals surface area contributed by atoms with Crippen LogP contribution in [0.5, 0.6) is 11.5 Å². The van der Waals surface area contributed by atoms with Gasteiger partial charge < -0.3 is 14.8 Å². The summed E-state index contributed by atoms with van der Waals surface area (Å²) in [7, 11) is 2.89. The van der Waals surface area contributed by atoms with Crippen LogP contribution >= 0.6 is 11.6 Å². The Morgan fingerprint density at radius 1 is 1.25 bits per heavy atom. The number of halogens is 1. The molecule has 3 rings (SSSR count). The Kier molecular flexibility index (Phi) is 6.04. The Morgan fingerprint density at radius 2 is 1.93 bits per heavy atom. The number of carbonyl (C=O) groups excluding carboxylic acids is 1. The van der Waals surface area contributed by atoms with Gasteiger partial charge in [-0.3, -0.25) is 14.9 Å². The summed E-state index contributed by atoms with van der Waals surface area (Å²) in [6.45, 7) is 0.293. The molecule has 1 aliphatic rings. The molecule has 0 aromatic heterocycles. The molecule has 0 saturated heterocycles. The zero-order chi connectivity index (χ0) is 20.3. The quantitative estimate of drug-likeness (QED) is 0.534. The van der Waals surface area contributed by atoms with Crippen molar-refractivity contribution in [1.82, 2.24) is 5.32 Å². The molecule has 2 aromatic rings. The maximum atomic E-state index is 12.4. The molecule has 1 aliphatic carbocycles. The van der Waals surface area contributed by atoms with Gasteiger partial charge in [-0.15, -0.1) is 0 Å². The highest BCUT2D eigenvalue weighted by molar-refractivity contribution is 6.31. The summed E-state index contributed by atoms with van der Waals surface area (Å²) < 4.78 is 10.3. The molecule has 0 heterocycles. The second-order valence-corrected chi connectivity index (χ2v) is 7.01. The summed E-state index contributed by atoms with van der Waals surface area (Å²) in [6, 6.07) is 10.4. The van der Waals surface area contributed by atoms with Crippen molar-refractivity contribution in [3.05, 3.63) is 62.7 Å². The van der Waals surface area contributed by atoms with Crippen molar-refractivity contribution >= 4 is 23.2 Å². The van der Waals surface area contributed by atoms with E-state index in [9.17, 15) is 14.9 Å². The van der Waals surface area contributed by atoms with Gasteiger partial charge in [-0.05, 0) is 36.5 Å². The SMILES string of the molecule is COc1cc(CCNC(=O)C2CC2c2ccccc2Cl)c([N+](=O)[O-])cc1OC. The first-order chi connectivity index (χ1) is 13.5. The van der Waals surface area contributed by atoms with E-state index in [1.807, 2.05) is 24.3 Å². The average Bonchev–Trinajstić information content (AvgIpc) is 3.48. The Hall–Kier alpha value is -2.80. The number of hydrogen-bond donors (Lipinski definition) is 1. The molecule has 2 aromatic carbocycles. The second-order valence-electron chi connectivity index (χ2n) is 6.60. The lowest BCUT2D eigenvalue weighted by Crippen LogP contribution is -2.27. The fourth-order valence-electron chi connectivity index (χ4n) is 3.34. The third kappa shape index (κ3) is 4.20. The highest BCUT2D eigenvalue weighted by Gasteiger charge is 2.44. The lowest BCUT2D eigenvalue weighted by atomic mass is 10.1. The van der Waals surface area contributed by atoms with Crippen LogP contribution in [0.3, 0.4) is 0 Å². The Bertz CT molecular complexity index is 902. The fourth-order valence-corrected chi connectivity index (χ4v) is 3.61. The number of rotatable bonds is 8. The van der Waals surface area contributed by atoms with Crippen LogP contribution in [-0.4, -0.2) is 31.6 Å². The first kappa shape index (κ1) is 19.9. The van der Waals surface area contributed by atoms with Gasteiger partial charge in [0.15, 0.2) is 11.5 Å². The van der Waals surface area contributed by atoms with Gasteiger partial charge in [-0.2, -0.15) is 0 Å². The van der Waals surface area contributed by atoms with Crippen molar-refractivity contribution in [3.8, 4) is 11.5 Å². The molecule has 0 bridgehead atoms. The van der Waals surface area contributed by atoms with E-state index in [0.29, 0.717) is 35.1 Å². The number of nitrogens with zero attached hydrogens (tertiary/aromatic N) is 1. The van der Waals surface area contributed by atoms with E-state index in [4.69, 9.17) is 21.1 Å². The molecule has 1 saturated carbocycles. The third-order valence-electron chi connectivity index (χ3n) is 4.91. The molecule has 1 N–H and O–H groups in total. The number of nitrogens with one attached hydrogen (secondary N) is 1. The van der Waals surface area contributed by atoms with E-state index in [2.05, 4.69) is 5.32 Å². The number of amides is 1. The summed E-state index contributed by atoms with van der Waals surface area (Å²) >= 11 is 6.20. The summed E-state index contributed by atoms with van der Waals surface area (Å²) in [4.78, 5) is 23.3. The number of ether oxygens (including phenoxy) is 2. The van der Waals surface area contributed by atoms with Gasteiger partial charge in [0.2, 0.25) is 5.91 Å². The van der Waals surface area contributed by atoms with Crippen molar-refractivity contribution in [3.63, 3.8) is 0 Å². The van der Waals surface area contributed by atoms with Crippen molar-refractivity contribution in [2.24, 2.45) is 5.92 Å². The maximum absolute atomic E-state index is 12.4. The number of hydrogen-bond acceptors (Lipinski definition) is 5. The fraction of sp³-hybridized carbons (Fsp3) is 0.350. The summed E-state index contributed by atoms with van der Waals surface area (Å²) in [5.74, 6) is 0.662. The average molecular weight is 405 g/mol. The topological polar surface area (TPSA) is 90.7 Å². The van der Waals surface area contributed by atoms with Crippen LogP contribution in [0.4, 0.5) is 5.69 Å². The zero-order valence-corrected chi connectivity index (χ0v) is 16.4. The van der Waals surface area contributed by atoms with Gasteiger partial charge in [-0.25, -0.2) is 0 Å². The lowest BCUT2D eigenvalue weighted by molar-refractivity contribution is -0.385. The minimum Gasteiger partial charge on any atom is -0.493 e. The van der Waals surface area contributed by atoms with Crippen LogP contribution in [0, 0.1) is 16.0 Å². The van der Waals surface area contributed by atoms with E-state index < -0.39 is 4.92 Å². The minimum atomic E-state index is -0.465. The molecule has 0 aliphatic heterocycles. The second kappa shape index (κ2) is 8.48. The lowest BCUT2D eigenvalue weighted by Gasteiger charge is -2.11. The monoisotopic (exact) mass is 404 g/mol. The van der Waals surface area contributed by atoms with Crippen molar-refractivity contribution in [1.29, 1.82) is 0 Å². The number of carbonyl (C=O) groups is 1. The van der Waals surface area contributed by atoms with Gasteiger partial charge in [-0.1, -0.05) is 29.8 Å². The smallest absolute Gasteiger partial charge is 0.276 e. The first-order valence-corrected chi connectivity index (χ1v) is 9.25. The highest BCUT2D eigenvalue weighted by Crippen LogP contribution is 2.49. The van der Waals surface area contributed by atoms with Crippen molar-refractivity contribution < 1.29 is 19.2 Å². The molecule has 1 amide bonds. The van der Waals surface area contributed by atoms with Gasteiger partial charge >= 0.3 is 0 Å². The van der Waals surface area contributed by atoms with Crippen LogP contribution in [0.25, 0.3) is 0 Å². The van der Waals surface area contributed by atoms with E-state index >= 15 is 0 Å². The van der Waals surface area contributed by atoms with E-state index in [-0.39, 0.29) is 23.4 Å². The molecule has 2 unspecified atom stereocenters. The van der Waals surface area contributed by atoms with Crippen LogP contribution < -0.4 is 14.8 Å². The molecular formula is C20H21ClN2O5. The van der Waals surface area contributed by atoms with Crippen LogP contribution in [0.15, 0.2) is 36.4 Å². The molecule has 8 heteroatoms. The maximum Gasteiger partial charge on any atom is 0.276 e. The van der Waals surface area contributed by atoms with Crippen LogP contribution in [0.2, 0.25) is 5.02 Å².